The molecule has 0 spiro atoms. The van der Waals surface area contributed by atoms with Crippen molar-refractivity contribution < 1.29 is 9.18 Å². The van der Waals surface area contributed by atoms with Gasteiger partial charge in [0.25, 0.3) is 5.91 Å². The maximum Gasteiger partial charge on any atom is 0.274 e. The molecule has 136 valence electrons. The van der Waals surface area contributed by atoms with Gasteiger partial charge in [0, 0.05) is 18.3 Å². The van der Waals surface area contributed by atoms with Gasteiger partial charge in [-0.25, -0.2) is 14.4 Å². The maximum absolute atomic E-state index is 13.8. The van der Waals surface area contributed by atoms with Gasteiger partial charge in [-0.3, -0.25) is 4.79 Å². The van der Waals surface area contributed by atoms with E-state index in [4.69, 9.17) is 0 Å². The van der Waals surface area contributed by atoms with Gasteiger partial charge in [0.15, 0.2) is 0 Å². The lowest BCUT2D eigenvalue weighted by atomic mass is 10.0. The van der Waals surface area contributed by atoms with Crippen LogP contribution in [0.4, 0.5) is 21.6 Å². The number of hydrogen-bond acceptors (Lipinski definition) is 4. The van der Waals surface area contributed by atoms with Gasteiger partial charge in [-0.1, -0.05) is 30.3 Å². The number of carbonyl (C=O) groups is 1. The molecule has 0 atom stereocenters. The molecule has 0 fully saturated rings. The first kappa shape index (κ1) is 17.1. The molecule has 0 saturated carbocycles. The number of aromatic nitrogens is 2. The van der Waals surface area contributed by atoms with Crippen molar-refractivity contribution in [1.82, 2.24) is 9.97 Å². The zero-order valence-electron chi connectivity index (χ0n) is 14.9. The lowest BCUT2D eigenvalue weighted by Gasteiger charge is -2.30. The van der Waals surface area contributed by atoms with E-state index in [1.54, 1.807) is 25.1 Å². The average molecular weight is 362 g/mol. The van der Waals surface area contributed by atoms with Gasteiger partial charge in [0.05, 0.1) is 5.69 Å². The molecule has 2 heterocycles. The van der Waals surface area contributed by atoms with Gasteiger partial charge in [-0.05, 0) is 43.5 Å². The van der Waals surface area contributed by atoms with Crippen molar-refractivity contribution in [3.63, 3.8) is 0 Å². The number of hydrogen-bond donors (Lipinski definition) is 1. The van der Waals surface area contributed by atoms with Crippen molar-refractivity contribution in [2.75, 3.05) is 16.8 Å². The number of rotatable bonds is 3. The molecule has 3 aromatic rings. The molecule has 0 aliphatic carbocycles. The van der Waals surface area contributed by atoms with Crippen LogP contribution in [-0.4, -0.2) is 22.4 Å². The number of benzene rings is 2. The second kappa shape index (κ2) is 7.15. The molecule has 6 heteroatoms. The minimum Gasteiger partial charge on any atom is -0.326 e. The number of amides is 1. The van der Waals surface area contributed by atoms with Crippen LogP contribution < -0.4 is 10.2 Å². The van der Waals surface area contributed by atoms with Gasteiger partial charge in [0.2, 0.25) is 0 Å². The maximum atomic E-state index is 13.8. The summed E-state index contributed by atoms with van der Waals surface area (Å²) in [4.78, 5) is 23.5. The molecule has 0 bridgehead atoms. The van der Waals surface area contributed by atoms with Crippen LogP contribution in [0, 0.1) is 12.7 Å². The fourth-order valence-corrected chi connectivity index (χ4v) is 3.33. The fraction of sp³-hybridized carbons (Fsp3) is 0.190. The number of anilines is 3. The van der Waals surface area contributed by atoms with Crippen LogP contribution in [0.3, 0.4) is 0 Å². The van der Waals surface area contributed by atoms with Crippen molar-refractivity contribution in [3.8, 4) is 0 Å². The van der Waals surface area contributed by atoms with E-state index in [0.717, 1.165) is 25.1 Å². The van der Waals surface area contributed by atoms with Crippen molar-refractivity contribution in [2.45, 2.75) is 19.8 Å². The first-order valence-electron chi connectivity index (χ1n) is 8.89. The molecule has 1 aromatic heterocycles. The summed E-state index contributed by atoms with van der Waals surface area (Å²) in [5.41, 5.74) is 2.70. The lowest BCUT2D eigenvalue weighted by molar-refractivity contribution is 0.102. The molecule has 0 radical (unpaired) electrons. The Balaban J connectivity index is 1.67. The number of nitrogens with zero attached hydrogens (tertiary/aromatic N) is 3. The highest BCUT2D eigenvalue weighted by Crippen LogP contribution is 2.32. The molecule has 4 rings (SSSR count). The quantitative estimate of drug-likeness (QED) is 0.756. The summed E-state index contributed by atoms with van der Waals surface area (Å²) >= 11 is 0. The summed E-state index contributed by atoms with van der Waals surface area (Å²) in [6.07, 6.45) is 2.04. The molecule has 1 aliphatic heterocycles. The Kier molecular flexibility index (Phi) is 4.54. The molecule has 2 aromatic carbocycles. The van der Waals surface area contributed by atoms with Gasteiger partial charge in [0.1, 0.15) is 23.2 Å². The highest BCUT2D eigenvalue weighted by atomic mass is 19.1. The van der Waals surface area contributed by atoms with Gasteiger partial charge in [-0.2, -0.15) is 0 Å². The molecule has 1 amide bonds. The topological polar surface area (TPSA) is 58.1 Å². The van der Waals surface area contributed by atoms with E-state index in [1.165, 1.54) is 17.7 Å². The number of para-hydroxylation sites is 2. The largest absolute Gasteiger partial charge is 0.326 e. The van der Waals surface area contributed by atoms with Gasteiger partial charge >= 0.3 is 0 Å². The number of nitrogens with one attached hydrogen (secondary N) is 1. The molecular weight excluding hydrogens is 343 g/mol. The third-order valence-electron chi connectivity index (χ3n) is 4.57. The van der Waals surface area contributed by atoms with E-state index in [2.05, 4.69) is 32.3 Å². The summed E-state index contributed by atoms with van der Waals surface area (Å²) < 4.78 is 13.8. The summed E-state index contributed by atoms with van der Waals surface area (Å²) in [6.45, 7) is 2.57. The Bertz CT molecular complexity index is 1000. The minimum absolute atomic E-state index is 0.128. The van der Waals surface area contributed by atoms with Crippen molar-refractivity contribution >= 4 is 23.1 Å². The predicted molar refractivity (Wildman–Crippen MR) is 103 cm³/mol. The van der Waals surface area contributed by atoms with E-state index >= 15 is 0 Å². The summed E-state index contributed by atoms with van der Waals surface area (Å²) in [6, 6.07) is 15.9. The molecule has 5 nitrogen and oxygen atoms in total. The second-order valence-electron chi connectivity index (χ2n) is 6.48. The normalized spacial score (nSPS) is 13.2. The Morgan fingerprint density at radius 1 is 1.11 bits per heavy atom. The predicted octanol–water partition coefficient (Wildman–Crippen LogP) is 4.26. The standard InChI is InChI=1S/C21H19FN4O/c1-14-23-18(21(27)25-17-10-4-3-9-16(17)22)13-20(24-14)26-12-6-8-15-7-2-5-11-19(15)26/h2-5,7,9-11,13H,6,8,12H2,1H3,(H,25,27). The Hall–Kier alpha value is -3.28. The van der Waals surface area contributed by atoms with Gasteiger partial charge in [-0.15, -0.1) is 0 Å². The first-order valence-corrected chi connectivity index (χ1v) is 8.89. The van der Waals surface area contributed by atoms with Crippen molar-refractivity contribution in [1.29, 1.82) is 0 Å². The smallest absolute Gasteiger partial charge is 0.274 e. The first-order chi connectivity index (χ1) is 13.1. The Labute approximate surface area is 156 Å². The molecule has 1 N–H and O–H groups in total. The number of carbonyl (C=O) groups excluding carboxylic acids is 1. The molecular formula is C21H19FN4O. The van der Waals surface area contributed by atoms with Crippen LogP contribution in [0.15, 0.2) is 54.6 Å². The Morgan fingerprint density at radius 3 is 2.74 bits per heavy atom. The number of halogens is 1. The lowest BCUT2D eigenvalue weighted by Crippen LogP contribution is -2.26. The monoisotopic (exact) mass is 362 g/mol. The van der Waals surface area contributed by atoms with E-state index in [1.807, 2.05) is 12.1 Å². The third kappa shape index (κ3) is 3.51. The molecule has 0 saturated heterocycles. The minimum atomic E-state index is -0.484. The highest BCUT2D eigenvalue weighted by molar-refractivity contribution is 6.03. The highest BCUT2D eigenvalue weighted by Gasteiger charge is 2.21. The molecule has 1 aliphatic rings. The van der Waals surface area contributed by atoms with Crippen LogP contribution in [0.1, 0.15) is 28.3 Å². The number of aryl methyl sites for hydroxylation is 2. The zero-order valence-corrected chi connectivity index (χ0v) is 14.9. The zero-order chi connectivity index (χ0) is 18.8. The SMILES string of the molecule is Cc1nc(C(=O)Nc2ccccc2F)cc(N2CCCc3ccccc32)n1. The van der Waals surface area contributed by atoms with Gasteiger partial charge < -0.3 is 10.2 Å². The second-order valence-corrected chi connectivity index (χ2v) is 6.48. The fourth-order valence-electron chi connectivity index (χ4n) is 3.33. The Morgan fingerprint density at radius 2 is 1.89 bits per heavy atom. The van der Waals surface area contributed by atoms with E-state index in [9.17, 15) is 9.18 Å². The van der Waals surface area contributed by atoms with Crippen LogP contribution in [0.2, 0.25) is 0 Å². The molecule has 27 heavy (non-hydrogen) atoms. The summed E-state index contributed by atoms with van der Waals surface area (Å²) in [5.74, 6) is 0.224. The summed E-state index contributed by atoms with van der Waals surface area (Å²) in [5, 5.41) is 2.58. The van der Waals surface area contributed by atoms with Crippen molar-refractivity contribution in [2.24, 2.45) is 0 Å². The van der Waals surface area contributed by atoms with E-state index < -0.39 is 11.7 Å². The summed E-state index contributed by atoms with van der Waals surface area (Å²) in [7, 11) is 0. The van der Waals surface area contributed by atoms with E-state index in [-0.39, 0.29) is 11.4 Å². The van der Waals surface area contributed by atoms with E-state index in [0.29, 0.717) is 11.6 Å². The molecule has 0 unspecified atom stereocenters. The third-order valence-corrected chi connectivity index (χ3v) is 4.57. The van der Waals surface area contributed by atoms with Crippen molar-refractivity contribution in [3.05, 3.63) is 77.5 Å². The van der Waals surface area contributed by atoms with Crippen LogP contribution in [0.25, 0.3) is 0 Å². The average Bonchev–Trinajstić information content (AvgIpc) is 2.69. The number of fused-ring (bicyclic) bond motifs is 1. The van der Waals surface area contributed by atoms with Crippen LogP contribution >= 0.6 is 0 Å². The van der Waals surface area contributed by atoms with Crippen LogP contribution in [0.5, 0.6) is 0 Å². The van der Waals surface area contributed by atoms with Crippen LogP contribution in [-0.2, 0) is 6.42 Å².